The topological polar surface area (TPSA) is 42.0 Å². The average Bonchev–Trinajstić information content (AvgIpc) is 2.27. The highest BCUT2D eigenvalue weighted by molar-refractivity contribution is 5.99. The number of carbonyl (C=O) groups excluding carboxylic acids is 1. The number of rotatable bonds is 0. The number of nitrogens with zero attached hydrogens (tertiary/aromatic N) is 1. The van der Waals surface area contributed by atoms with E-state index in [4.69, 9.17) is 0 Å². The molecule has 1 aromatic heterocycles. The Balaban J connectivity index is 2.32. The van der Waals surface area contributed by atoms with E-state index in [-0.39, 0.29) is 5.91 Å². The molecule has 1 amide bonds. The first kappa shape index (κ1) is 8.41. The zero-order chi connectivity index (χ0) is 10.3. The van der Waals surface area contributed by atoms with Crippen molar-refractivity contribution in [1.29, 1.82) is 0 Å². The number of aromatic nitrogens is 1. The van der Waals surface area contributed by atoms with Crippen LogP contribution in [0.5, 0.6) is 0 Å². The number of fused-ring (bicyclic) bond motifs is 2. The van der Waals surface area contributed by atoms with Gasteiger partial charge in [-0.05, 0) is 12.1 Å². The molecule has 0 aliphatic carbocycles. The molecule has 3 rings (SSSR count). The summed E-state index contributed by atoms with van der Waals surface area (Å²) in [6.07, 6.45) is 0.825. The van der Waals surface area contributed by atoms with Gasteiger partial charge in [0, 0.05) is 18.4 Å². The number of para-hydroxylation sites is 1. The molecule has 0 bridgehead atoms. The summed E-state index contributed by atoms with van der Waals surface area (Å²) in [4.78, 5) is 16.1. The molecule has 0 saturated heterocycles. The Kier molecular flexibility index (Phi) is 1.71. The molecule has 3 nitrogen and oxygen atoms in total. The molecule has 2 heterocycles. The van der Waals surface area contributed by atoms with Crippen molar-refractivity contribution in [2.75, 3.05) is 6.54 Å². The standard InChI is InChI=1S/C12H10N2O/c15-12-9-7-8-3-1-2-4-10(8)14-11(9)5-6-13-12/h1-4,7H,5-6H2,(H,13,15). The number of hydrogen-bond acceptors (Lipinski definition) is 2. The van der Waals surface area contributed by atoms with Crippen LogP contribution in [0.1, 0.15) is 16.1 Å². The first-order chi connectivity index (χ1) is 7.34. The normalized spacial score (nSPS) is 14.8. The van der Waals surface area contributed by atoms with Gasteiger partial charge >= 0.3 is 0 Å². The monoisotopic (exact) mass is 198 g/mol. The lowest BCUT2D eigenvalue weighted by Crippen LogP contribution is -2.32. The Morgan fingerprint density at radius 3 is 3.07 bits per heavy atom. The number of hydrogen-bond donors (Lipinski definition) is 1. The van der Waals surface area contributed by atoms with Gasteiger partial charge in [-0.1, -0.05) is 18.2 Å². The molecule has 15 heavy (non-hydrogen) atoms. The fourth-order valence-electron chi connectivity index (χ4n) is 1.93. The molecule has 1 aliphatic heterocycles. The lowest BCUT2D eigenvalue weighted by molar-refractivity contribution is 0.0945. The molecule has 74 valence electrons. The van der Waals surface area contributed by atoms with E-state index >= 15 is 0 Å². The summed E-state index contributed by atoms with van der Waals surface area (Å²) in [6.45, 7) is 0.692. The zero-order valence-corrected chi connectivity index (χ0v) is 8.16. The van der Waals surface area contributed by atoms with Gasteiger partial charge in [-0.2, -0.15) is 0 Å². The highest BCUT2D eigenvalue weighted by atomic mass is 16.1. The zero-order valence-electron chi connectivity index (χ0n) is 8.16. The fraction of sp³-hybridized carbons (Fsp3) is 0.167. The van der Waals surface area contributed by atoms with Crippen LogP contribution in [0.4, 0.5) is 0 Å². The van der Waals surface area contributed by atoms with E-state index in [0.717, 1.165) is 28.6 Å². The predicted molar refractivity (Wildman–Crippen MR) is 57.8 cm³/mol. The molecule has 1 aliphatic rings. The van der Waals surface area contributed by atoms with Crippen LogP contribution in [0.2, 0.25) is 0 Å². The van der Waals surface area contributed by atoms with E-state index in [1.54, 1.807) is 0 Å². The number of nitrogens with one attached hydrogen (secondary N) is 1. The maximum absolute atomic E-state index is 11.6. The summed E-state index contributed by atoms with van der Waals surface area (Å²) >= 11 is 0. The van der Waals surface area contributed by atoms with Crippen LogP contribution < -0.4 is 5.32 Å². The molecular weight excluding hydrogens is 188 g/mol. The second kappa shape index (κ2) is 3.05. The molecule has 0 atom stereocenters. The number of amides is 1. The van der Waals surface area contributed by atoms with Gasteiger partial charge in [0.15, 0.2) is 0 Å². The van der Waals surface area contributed by atoms with E-state index in [1.165, 1.54) is 0 Å². The molecular formula is C12H10N2O. The minimum absolute atomic E-state index is 0.00509. The summed E-state index contributed by atoms with van der Waals surface area (Å²) in [5.41, 5.74) is 2.60. The third-order valence-corrected chi connectivity index (χ3v) is 2.69. The molecule has 2 aromatic rings. The van der Waals surface area contributed by atoms with Crippen molar-refractivity contribution in [2.45, 2.75) is 6.42 Å². The van der Waals surface area contributed by atoms with Crippen LogP contribution in [0.25, 0.3) is 10.9 Å². The average molecular weight is 198 g/mol. The van der Waals surface area contributed by atoms with Crippen LogP contribution >= 0.6 is 0 Å². The van der Waals surface area contributed by atoms with Crippen LogP contribution in [-0.2, 0) is 6.42 Å². The van der Waals surface area contributed by atoms with Gasteiger partial charge in [0.05, 0.1) is 16.8 Å². The van der Waals surface area contributed by atoms with Crippen molar-refractivity contribution in [1.82, 2.24) is 10.3 Å². The first-order valence-electron chi connectivity index (χ1n) is 5.01. The molecule has 0 saturated carbocycles. The van der Waals surface area contributed by atoms with E-state index in [9.17, 15) is 4.79 Å². The third kappa shape index (κ3) is 1.28. The van der Waals surface area contributed by atoms with E-state index in [1.807, 2.05) is 30.3 Å². The van der Waals surface area contributed by atoms with Crippen molar-refractivity contribution in [3.05, 3.63) is 41.6 Å². The largest absolute Gasteiger partial charge is 0.352 e. The second-order valence-corrected chi connectivity index (χ2v) is 3.68. The summed E-state index contributed by atoms with van der Waals surface area (Å²) < 4.78 is 0. The van der Waals surface area contributed by atoms with Crippen LogP contribution in [0.3, 0.4) is 0 Å². The highest BCUT2D eigenvalue weighted by Crippen LogP contribution is 2.18. The quantitative estimate of drug-likeness (QED) is 0.697. The summed E-state index contributed by atoms with van der Waals surface area (Å²) in [5, 5.41) is 3.85. The van der Waals surface area contributed by atoms with Crippen molar-refractivity contribution in [3.63, 3.8) is 0 Å². The molecule has 3 heteroatoms. The Hall–Kier alpha value is -1.90. The lowest BCUT2D eigenvalue weighted by atomic mass is 10.0. The van der Waals surface area contributed by atoms with E-state index < -0.39 is 0 Å². The molecule has 0 unspecified atom stereocenters. The van der Waals surface area contributed by atoms with E-state index in [0.29, 0.717) is 6.54 Å². The first-order valence-corrected chi connectivity index (χ1v) is 5.01. The van der Waals surface area contributed by atoms with Gasteiger partial charge in [0.25, 0.3) is 5.91 Å². The Morgan fingerprint density at radius 2 is 2.13 bits per heavy atom. The van der Waals surface area contributed by atoms with Gasteiger partial charge in [0.2, 0.25) is 0 Å². The van der Waals surface area contributed by atoms with Crippen molar-refractivity contribution in [3.8, 4) is 0 Å². The Morgan fingerprint density at radius 1 is 1.27 bits per heavy atom. The number of benzene rings is 1. The summed E-state index contributed by atoms with van der Waals surface area (Å²) in [7, 11) is 0. The van der Waals surface area contributed by atoms with E-state index in [2.05, 4.69) is 10.3 Å². The van der Waals surface area contributed by atoms with Crippen LogP contribution in [0.15, 0.2) is 30.3 Å². The third-order valence-electron chi connectivity index (χ3n) is 2.69. The Bertz CT molecular complexity index is 548. The molecule has 1 N–H and O–H groups in total. The van der Waals surface area contributed by atoms with Gasteiger partial charge in [0.1, 0.15) is 0 Å². The van der Waals surface area contributed by atoms with Crippen LogP contribution in [-0.4, -0.2) is 17.4 Å². The SMILES string of the molecule is O=C1NCCc2nc3ccccc3cc21. The molecule has 0 radical (unpaired) electrons. The summed E-state index contributed by atoms with van der Waals surface area (Å²) in [5.74, 6) is -0.00509. The number of pyridine rings is 1. The van der Waals surface area contributed by atoms with Gasteiger partial charge in [-0.25, -0.2) is 0 Å². The molecule has 0 spiro atoms. The highest BCUT2D eigenvalue weighted by Gasteiger charge is 2.17. The van der Waals surface area contributed by atoms with Gasteiger partial charge in [-0.15, -0.1) is 0 Å². The maximum Gasteiger partial charge on any atom is 0.253 e. The van der Waals surface area contributed by atoms with Crippen molar-refractivity contribution < 1.29 is 4.79 Å². The lowest BCUT2D eigenvalue weighted by Gasteiger charge is -2.15. The predicted octanol–water partition coefficient (Wildman–Crippen LogP) is 1.52. The maximum atomic E-state index is 11.6. The van der Waals surface area contributed by atoms with Crippen LogP contribution in [0, 0.1) is 0 Å². The van der Waals surface area contributed by atoms with Gasteiger partial charge in [-0.3, -0.25) is 9.78 Å². The summed E-state index contributed by atoms with van der Waals surface area (Å²) in [6, 6.07) is 9.79. The second-order valence-electron chi connectivity index (χ2n) is 3.68. The minimum atomic E-state index is -0.00509. The molecule has 1 aromatic carbocycles. The van der Waals surface area contributed by atoms with Crippen molar-refractivity contribution in [2.24, 2.45) is 0 Å². The number of carbonyl (C=O) groups is 1. The fourth-order valence-corrected chi connectivity index (χ4v) is 1.93. The minimum Gasteiger partial charge on any atom is -0.352 e. The van der Waals surface area contributed by atoms with Gasteiger partial charge < -0.3 is 5.32 Å². The Labute approximate surface area is 87.1 Å². The molecule has 0 fully saturated rings. The smallest absolute Gasteiger partial charge is 0.253 e. The van der Waals surface area contributed by atoms with Crippen molar-refractivity contribution >= 4 is 16.8 Å².